The van der Waals surface area contributed by atoms with Crippen LogP contribution in [0.5, 0.6) is 0 Å². The number of amides is 5. The standard InChI is InChI=1S/C58H97N5O40/c1-14-32(76)40(84)41(85)56(89-14)99-45-23(10-67)94-55(31(38(45)82)63-19(6)75)98-47-25(12-69)96-58(50(42(47)86)103-53-29(61-17(4)73)36(80)34(78)21(8-65)92-53)102-49-43(87)57(95-26(13-70)48(49)101-52-28(60-16(3)72)35(79)33(77)20(7-64)91-52)100-46-24(11-68)93-54(30(39(46)83)62-18(5)74)97-44-22(9-66)90-51(88)27(37(44)81)59-15(2)71/h14,20-58,64-70,76-88H,7-13H2,1-6H3,(H,59,71)(H,60,72)(H,61,73)(H,62,74)(H,63,75)/t14-,20-,21-,22-,23-,24-,25-,26-,27-,28-,29-,30-,31-,32+,33-,34-,35-,36-,37-,38-,39-,40+,41-,42+,43+,44-,45-,46-,47-,48-,49-,50+,51-,52+,53+,54+,55+,56+,57+,58-/m1/s1. The molecule has 0 bridgehead atoms. The van der Waals surface area contributed by atoms with Crippen molar-refractivity contribution in [1.29, 1.82) is 0 Å². The molecule has 0 radical (unpaired) electrons. The fourth-order valence-corrected chi connectivity index (χ4v) is 13.4. The first-order valence-corrected chi connectivity index (χ1v) is 33.0. The third-order valence-corrected chi connectivity index (χ3v) is 18.6. The maximum absolute atomic E-state index is 12.9. The first kappa shape index (κ1) is 84.6. The maximum Gasteiger partial charge on any atom is 0.217 e. The molecule has 594 valence electrons. The zero-order chi connectivity index (χ0) is 76.1. The zero-order valence-corrected chi connectivity index (χ0v) is 56.2. The van der Waals surface area contributed by atoms with Crippen LogP contribution in [0.25, 0.3) is 0 Å². The van der Waals surface area contributed by atoms with Crippen molar-refractivity contribution < 1.29 is 197 Å². The summed E-state index contributed by atoms with van der Waals surface area (Å²) in [5.74, 6) is -4.38. The second-order valence-electron chi connectivity index (χ2n) is 26.0. The highest BCUT2D eigenvalue weighted by atomic mass is 16.8. The maximum atomic E-state index is 12.9. The summed E-state index contributed by atoms with van der Waals surface area (Å²) in [6, 6.07) is -9.09. The molecule has 0 spiro atoms. The molecule has 0 unspecified atom stereocenters. The van der Waals surface area contributed by atoms with Crippen molar-refractivity contribution in [2.45, 2.75) is 287 Å². The lowest BCUT2D eigenvalue weighted by Gasteiger charge is -2.52. The number of rotatable bonds is 26. The molecule has 8 saturated heterocycles. The predicted molar refractivity (Wildman–Crippen MR) is 321 cm³/mol. The Morgan fingerprint density at radius 1 is 0.252 bits per heavy atom. The van der Waals surface area contributed by atoms with Gasteiger partial charge in [0.1, 0.15) is 189 Å². The summed E-state index contributed by atoms with van der Waals surface area (Å²) in [7, 11) is 0. The number of aliphatic hydroxyl groups is 20. The average Bonchev–Trinajstić information content (AvgIpc) is 0.758. The van der Waals surface area contributed by atoms with E-state index >= 15 is 0 Å². The third kappa shape index (κ3) is 19.0. The van der Waals surface area contributed by atoms with E-state index in [0.29, 0.717) is 0 Å². The summed E-state index contributed by atoms with van der Waals surface area (Å²) < 4.78 is 90.7. The highest BCUT2D eigenvalue weighted by Gasteiger charge is 2.61. The van der Waals surface area contributed by atoms with Gasteiger partial charge in [0, 0.05) is 34.6 Å². The highest BCUT2D eigenvalue weighted by Crippen LogP contribution is 2.40. The van der Waals surface area contributed by atoms with Crippen LogP contribution in [0.3, 0.4) is 0 Å². The van der Waals surface area contributed by atoms with Crippen molar-refractivity contribution >= 4 is 29.5 Å². The first-order chi connectivity index (χ1) is 48.7. The lowest BCUT2D eigenvalue weighted by Crippen LogP contribution is -2.72. The number of carbonyl (C=O) groups excluding carboxylic acids is 5. The molecule has 0 aromatic rings. The predicted octanol–water partition coefficient (Wildman–Crippen LogP) is -16.7. The summed E-state index contributed by atoms with van der Waals surface area (Å²) in [6.45, 7) is -1.64. The first-order valence-electron chi connectivity index (χ1n) is 33.0. The summed E-state index contributed by atoms with van der Waals surface area (Å²) in [5.41, 5.74) is 0. The molecule has 25 N–H and O–H groups in total. The number of ether oxygens (including phenoxy) is 15. The Hall–Kier alpha value is -4.05. The van der Waals surface area contributed by atoms with Gasteiger partial charge in [-0.2, -0.15) is 0 Å². The Kier molecular flexibility index (Phi) is 30.3. The van der Waals surface area contributed by atoms with E-state index in [4.69, 9.17) is 71.1 Å². The van der Waals surface area contributed by atoms with Crippen LogP contribution in [0.2, 0.25) is 0 Å². The second-order valence-corrected chi connectivity index (χ2v) is 26.0. The van der Waals surface area contributed by atoms with E-state index in [1.807, 2.05) is 0 Å². The van der Waals surface area contributed by atoms with Gasteiger partial charge in [0.25, 0.3) is 0 Å². The number of hydrogen-bond acceptors (Lipinski definition) is 40. The van der Waals surface area contributed by atoms with E-state index in [1.54, 1.807) is 0 Å². The molecule has 8 aliphatic rings. The molecule has 8 rings (SSSR count). The number of nitrogens with one attached hydrogen (secondary N) is 5. The molecule has 45 nitrogen and oxygen atoms in total. The van der Waals surface area contributed by atoms with Gasteiger partial charge in [-0.25, -0.2) is 0 Å². The number of aliphatic hydroxyl groups excluding tert-OH is 20. The molecule has 0 aromatic carbocycles. The molecular formula is C58H97N5O40. The largest absolute Gasteiger partial charge is 0.394 e. The molecule has 5 amide bonds. The Morgan fingerprint density at radius 3 is 0.913 bits per heavy atom. The van der Waals surface area contributed by atoms with E-state index in [1.165, 1.54) is 6.92 Å². The van der Waals surface area contributed by atoms with Gasteiger partial charge in [-0.3, -0.25) is 24.0 Å². The quantitative estimate of drug-likeness (QED) is 0.0382. The monoisotopic (exact) mass is 1500 g/mol. The van der Waals surface area contributed by atoms with Gasteiger partial charge in [0.2, 0.25) is 29.5 Å². The second kappa shape index (κ2) is 36.9. The van der Waals surface area contributed by atoms with Gasteiger partial charge < -0.3 is 200 Å². The number of carbonyl (C=O) groups is 5. The van der Waals surface area contributed by atoms with Gasteiger partial charge in [-0.05, 0) is 6.92 Å². The van der Waals surface area contributed by atoms with Crippen LogP contribution < -0.4 is 26.6 Å². The molecule has 45 heteroatoms. The Labute approximate surface area is 585 Å². The van der Waals surface area contributed by atoms with Crippen LogP contribution in [-0.2, 0) is 95.0 Å². The van der Waals surface area contributed by atoms with Crippen molar-refractivity contribution in [3.8, 4) is 0 Å². The van der Waals surface area contributed by atoms with Gasteiger partial charge in [-0.1, -0.05) is 0 Å². The van der Waals surface area contributed by atoms with Crippen LogP contribution in [0.15, 0.2) is 0 Å². The average molecular weight is 1500 g/mol. The van der Waals surface area contributed by atoms with Gasteiger partial charge >= 0.3 is 0 Å². The summed E-state index contributed by atoms with van der Waals surface area (Å²) in [5, 5.41) is 236. The van der Waals surface area contributed by atoms with Crippen LogP contribution in [-0.4, -0.2) is 423 Å². The van der Waals surface area contributed by atoms with Gasteiger partial charge in [0.15, 0.2) is 50.3 Å². The smallest absolute Gasteiger partial charge is 0.217 e. The summed E-state index contributed by atoms with van der Waals surface area (Å²) in [6.07, 6.45) is -70.7. The Morgan fingerprint density at radius 2 is 0.524 bits per heavy atom. The highest BCUT2D eigenvalue weighted by molar-refractivity contribution is 5.75. The fourth-order valence-electron chi connectivity index (χ4n) is 13.4. The molecule has 0 saturated carbocycles. The Balaban J connectivity index is 1.20. The van der Waals surface area contributed by atoms with Crippen molar-refractivity contribution in [2.75, 3.05) is 46.2 Å². The molecule has 8 aliphatic heterocycles. The fraction of sp³-hybridized carbons (Fsp3) is 0.914. The van der Waals surface area contributed by atoms with Crippen LogP contribution in [0.1, 0.15) is 41.5 Å². The minimum atomic E-state index is -2.56. The van der Waals surface area contributed by atoms with E-state index < -0.39 is 321 Å². The van der Waals surface area contributed by atoms with E-state index in [0.717, 1.165) is 34.6 Å². The molecule has 8 heterocycles. The van der Waals surface area contributed by atoms with Gasteiger partial charge in [-0.15, -0.1) is 0 Å². The lowest BCUT2D eigenvalue weighted by atomic mass is 9.93. The van der Waals surface area contributed by atoms with Crippen LogP contribution in [0.4, 0.5) is 0 Å². The van der Waals surface area contributed by atoms with Crippen LogP contribution >= 0.6 is 0 Å². The van der Waals surface area contributed by atoms with Crippen molar-refractivity contribution in [1.82, 2.24) is 26.6 Å². The SMILES string of the molecule is CC(=O)N[C@@H]1[C@@H](O)[C@H](O[C@@H]2O[C@H](CO)[C@@H](O[C@@H]3O[C@H](CO)[C@@H](O[C@@H]4O[C@H](CO)[C@@H](O)[C@H](O)[C@H]4NC(C)=O)[C@H](O[C@H]4O[C@H](CO)[C@@H](O[C@@H]5O[C@H](CO)[C@@H](O[C@@H]6O[C@H](C)[C@H](O)[C@H](O)[C@H]6O)[C@H](O)[C@H]5NC(C)=O)[C@H](O)[C@@H]4O[C@@H]4O[C@H](CO)[C@@H](O)[C@H](O)[C@H]4NC(C)=O)[C@@H]3O)[C@H](O)[C@H]2NC(C)=O)[C@@H](CO)O[C@H]1O. The summed E-state index contributed by atoms with van der Waals surface area (Å²) >= 11 is 0. The topological polar surface area (TPSA) is 689 Å². The minimum Gasteiger partial charge on any atom is -0.394 e. The molecule has 0 aliphatic carbocycles. The number of hydrogen-bond donors (Lipinski definition) is 25. The molecule has 40 atom stereocenters. The van der Waals surface area contributed by atoms with E-state index in [-0.39, 0.29) is 0 Å². The third-order valence-electron chi connectivity index (χ3n) is 18.6. The lowest BCUT2D eigenvalue weighted by molar-refractivity contribution is -0.410. The Bertz CT molecular complexity index is 2750. The van der Waals surface area contributed by atoms with Gasteiger partial charge in [0.05, 0.1) is 52.4 Å². The van der Waals surface area contributed by atoms with Crippen molar-refractivity contribution in [3.05, 3.63) is 0 Å². The molecule has 0 aromatic heterocycles. The molecular weight excluding hydrogens is 1410 g/mol. The normalized spacial score (nSPS) is 47.6. The van der Waals surface area contributed by atoms with E-state index in [2.05, 4.69) is 26.6 Å². The minimum absolute atomic E-state index is 0.765. The molecule has 103 heavy (non-hydrogen) atoms. The zero-order valence-electron chi connectivity index (χ0n) is 56.2. The van der Waals surface area contributed by atoms with Crippen molar-refractivity contribution in [3.63, 3.8) is 0 Å². The summed E-state index contributed by atoms with van der Waals surface area (Å²) in [4.78, 5) is 63.5. The van der Waals surface area contributed by atoms with Crippen LogP contribution in [0, 0.1) is 0 Å². The van der Waals surface area contributed by atoms with E-state index in [9.17, 15) is 126 Å². The van der Waals surface area contributed by atoms with Crippen molar-refractivity contribution in [2.24, 2.45) is 0 Å². The molecule has 8 fully saturated rings.